The molecule has 0 spiro atoms. The zero-order valence-electron chi connectivity index (χ0n) is 11.3. The summed E-state index contributed by atoms with van der Waals surface area (Å²) in [7, 11) is 0. The molecule has 3 N–H and O–H groups in total. The van der Waals surface area contributed by atoms with E-state index in [9.17, 15) is 0 Å². The zero-order valence-corrected chi connectivity index (χ0v) is 11.3. The SMILES string of the molecule is CC(C)CCC(C)(CN)NN1CCCCC1. The van der Waals surface area contributed by atoms with Gasteiger partial charge in [-0.25, -0.2) is 10.4 Å². The molecule has 1 rings (SSSR count). The first-order chi connectivity index (χ1) is 7.56. The van der Waals surface area contributed by atoms with E-state index in [-0.39, 0.29) is 5.54 Å². The molecule has 1 aliphatic heterocycles. The monoisotopic (exact) mass is 227 g/mol. The van der Waals surface area contributed by atoms with Crippen LogP contribution in [0, 0.1) is 5.92 Å². The molecule has 1 fully saturated rings. The third kappa shape index (κ3) is 4.81. The van der Waals surface area contributed by atoms with Crippen molar-refractivity contribution in [3.63, 3.8) is 0 Å². The molecule has 3 heteroatoms. The van der Waals surface area contributed by atoms with E-state index in [0.717, 1.165) is 18.9 Å². The Morgan fingerprint density at radius 2 is 1.88 bits per heavy atom. The molecule has 0 bridgehead atoms. The Morgan fingerprint density at radius 1 is 1.25 bits per heavy atom. The van der Waals surface area contributed by atoms with Crippen molar-refractivity contribution in [1.29, 1.82) is 0 Å². The summed E-state index contributed by atoms with van der Waals surface area (Å²) in [4.78, 5) is 0. The Bertz CT molecular complexity index is 188. The number of nitrogens with zero attached hydrogens (tertiary/aromatic N) is 1. The minimum absolute atomic E-state index is 0.0849. The highest BCUT2D eigenvalue weighted by atomic mass is 15.5. The molecule has 0 amide bonds. The van der Waals surface area contributed by atoms with Crippen LogP contribution in [0.4, 0.5) is 0 Å². The fourth-order valence-electron chi connectivity index (χ4n) is 2.20. The fourth-order valence-corrected chi connectivity index (χ4v) is 2.20. The lowest BCUT2D eigenvalue weighted by Crippen LogP contribution is -2.57. The lowest BCUT2D eigenvalue weighted by Gasteiger charge is -2.38. The lowest BCUT2D eigenvalue weighted by molar-refractivity contribution is 0.0839. The summed E-state index contributed by atoms with van der Waals surface area (Å²) in [6.45, 7) is 9.88. The zero-order chi connectivity index (χ0) is 12.0. The molecular formula is C13H29N3. The fraction of sp³-hybridized carbons (Fsp3) is 1.00. The smallest absolute Gasteiger partial charge is 0.0420 e. The molecule has 1 atom stereocenters. The molecule has 0 aromatic carbocycles. The Kier molecular flexibility index (Phi) is 5.73. The van der Waals surface area contributed by atoms with Crippen molar-refractivity contribution in [2.45, 2.75) is 58.4 Å². The van der Waals surface area contributed by atoms with Gasteiger partial charge in [0.2, 0.25) is 0 Å². The molecule has 1 aliphatic rings. The Hall–Kier alpha value is -0.120. The van der Waals surface area contributed by atoms with Gasteiger partial charge in [-0.2, -0.15) is 0 Å². The van der Waals surface area contributed by atoms with Gasteiger partial charge in [-0.05, 0) is 38.5 Å². The minimum atomic E-state index is 0.0849. The second-order valence-corrected chi connectivity index (χ2v) is 5.86. The van der Waals surface area contributed by atoms with Gasteiger partial charge in [0.25, 0.3) is 0 Å². The quantitative estimate of drug-likeness (QED) is 0.730. The molecule has 0 aromatic heterocycles. The maximum Gasteiger partial charge on any atom is 0.0420 e. The summed E-state index contributed by atoms with van der Waals surface area (Å²) in [6.07, 6.45) is 6.42. The number of nitrogens with one attached hydrogen (secondary N) is 1. The van der Waals surface area contributed by atoms with Crippen LogP contribution in [0.3, 0.4) is 0 Å². The standard InChI is InChI=1S/C13H29N3/c1-12(2)7-8-13(3,11-14)15-16-9-5-4-6-10-16/h12,15H,4-11,14H2,1-3H3. The van der Waals surface area contributed by atoms with Crippen molar-refractivity contribution in [2.24, 2.45) is 11.7 Å². The van der Waals surface area contributed by atoms with E-state index in [4.69, 9.17) is 5.73 Å². The van der Waals surface area contributed by atoms with Crippen LogP contribution in [0.1, 0.15) is 52.9 Å². The molecule has 96 valence electrons. The molecule has 0 aromatic rings. The maximum atomic E-state index is 5.92. The topological polar surface area (TPSA) is 41.3 Å². The second-order valence-electron chi connectivity index (χ2n) is 5.86. The van der Waals surface area contributed by atoms with Gasteiger partial charge in [0.15, 0.2) is 0 Å². The number of rotatable bonds is 6. The first-order valence-electron chi connectivity index (χ1n) is 6.78. The average Bonchev–Trinajstić information content (AvgIpc) is 2.28. The highest BCUT2D eigenvalue weighted by Crippen LogP contribution is 2.17. The van der Waals surface area contributed by atoms with Crippen LogP contribution in [0.5, 0.6) is 0 Å². The predicted octanol–water partition coefficient (Wildman–Crippen LogP) is 2.13. The molecule has 3 nitrogen and oxygen atoms in total. The van der Waals surface area contributed by atoms with E-state index in [2.05, 4.69) is 31.2 Å². The third-order valence-corrected chi connectivity index (χ3v) is 3.51. The van der Waals surface area contributed by atoms with Crippen LogP contribution in [0.15, 0.2) is 0 Å². The number of nitrogens with two attached hydrogens (primary N) is 1. The first-order valence-corrected chi connectivity index (χ1v) is 6.78. The van der Waals surface area contributed by atoms with Crippen LogP contribution in [0.25, 0.3) is 0 Å². The van der Waals surface area contributed by atoms with Crippen molar-refractivity contribution in [3.8, 4) is 0 Å². The van der Waals surface area contributed by atoms with Crippen molar-refractivity contribution >= 4 is 0 Å². The van der Waals surface area contributed by atoms with Gasteiger partial charge in [-0.1, -0.05) is 20.3 Å². The normalized spacial score (nSPS) is 22.3. The minimum Gasteiger partial charge on any atom is -0.329 e. The highest BCUT2D eigenvalue weighted by Gasteiger charge is 2.25. The lowest BCUT2D eigenvalue weighted by atomic mass is 9.92. The van der Waals surface area contributed by atoms with E-state index in [1.165, 1.54) is 38.8 Å². The van der Waals surface area contributed by atoms with Crippen LogP contribution in [-0.2, 0) is 0 Å². The van der Waals surface area contributed by atoms with Gasteiger partial charge >= 0.3 is 0 Å². The van der Waals surface area contributed by atoms with Crippen molar-refractivity contribution in [3.05, 3.63) is 0 Å². The van der Waals surface area contributed by atoms with Gasteiger partial charge in [-0.3, -0.25) is 0 Å². The van der Waals surface area contributed by atoms with E-state index < -0.39 is 0 Å². The van der Waals surface area contributed by atoms with Gasteiger partial charge in [0.05, 0.1) is 0 Å². The number of hydrogen-bond donors (Lipinski definition) is 2. The molecule has 16 heavy (non-hydrogen) atoms. The van der Waals surface area contributed by atoms with Gasteiger partial charge < -0.3 is 5.73 Å². The molecular weight excluding hydrogens is 198 g/mol. The second kappa shape index (κ2) is 6.58. The van der Waals surface area contributed by atoms with Gasteiger partial charge in [0.1, 0.15) is 0 Å². The Labute approximate surface area is 101 Å². The molecule has 0 radical (unpaired) electrons. The summed E-state index contributed by atoms with van der Waals surface area (Å²) in [5, 5.41) is 2.37. The number of piperidine rings is 1. The van der Waals surface area contributed by atoms with Crippen LogP contribution >= 0.6 is 0 Å². The summed E-state index contributed by atoms with van der Waals surface area (Å²) in [5.41, 5.74) is 9.65. The van der Waals surface area contributed by atoms with E-state index in [0.29, 0.717) is 0 Å². The van der Waals surface area contributed by atoms with E-state index in [1.807, 2.05) is 0 Å². The van der Waals surface area contributed by atoms with Crippen LogP contribution in [0.2, 0.25) is 0 Å². The van der Waals surface area contributed by atoms with Crippen molar-refractivity contribution in [2.75, 3.05) is 19.6 Å². The maximum absolute atomic E-state index is 5.92. The summed E-state index contributed by atoms with van der Waals surface area (Å²) in [6, 6.07) is 0. The van der Waals surface area contributed by atoms with Gasteiger partial charge in [0, 0.05) is 25.2 Å². The number of hydrogen-bond acceptors (Lipinski definition) is 3. The predicted molar refractivity (Wildman–Crippen MR) is 70.1 cm³/mol. The highest BCUT2D eigenvalue weighted by molar-refractivity contribution is 4.84. The Morgan fingerprint density at radius 3 is 2.38 bits per heavy atom. The summed E-state index contributed by atoms with van der Waals surface area (Å²) in [5.74, 6) is 0.758. The molecule has 0 aliphatic carbocycles. The van der Waals surface area contributed by atoms with Crippen molar-refractivity contribution in [1.82, 2.24) is 10.4 Å². The number of hydrazine groups is 1. The Balaban J connectivity index is 2.38. The summed E-state index contributed by atoms with van der Waals surface area (Å²) >= 11 is 0. The molecule has 1 unspecified atom stereocenters. The van der Waals surface area contributed by atoms with E-state index >= 15 is 0 Å². The van der Waals surface area contributed by atoms with Crippen LogP contribution < -0.4 is 11.2 Å². The van der Waals surface area contributed by atoms with Crippen LogP contribution in [-0.4, -0.2) is 30.2 Å². The molecule has 1 heterocycles. The first kappa shape index (κ1) is 13.9. The summed E-state index contributed by atoms with van der Waals surface area (Å²) < 4.78 is 0. The van der Waals surface area contributed by atoms with Crippen molar-refractivity contribution < 1.29 is 0 Å². The molecule has 0 saturated carbocycles. The van der Waals surface area contributed by atoms with Gasteiger partial charge in [-0.15, -0.1) is 0 Å². The third-order valence-electron chi connectivity index (χ3n) is 3.51. The van der Waals surface area contributed by atoms with E-state index in [1.54, 1.807) is 0 Å². The largest absolute Gasteiger partial charge is 0.329 e. The average molecular weight is 227 g/mol. The molecule has 1 saturated heterocycles.